The highest BCUT2D eigenvalue weighted by Gasteiger charge is 2.57. The second-order valence-electron chi connectivity index (χ2n) is 10.8. The normalized spacial score (nSPS) is 23.6. The van der Waals surface area contributed by atoms with Crippen LogP contribution in [0.4, 0.5) is 0 Å². The van der Waals surface area contributed by atoms with Crippen LogP contribution in [0.15, 0.2) is 108 Å². The first kappa shape index (κ1) is 25.8. The Bertz CT molecular complexity index is 1610. The van der Waals surface area contributed by atoms with E-state index in [2.05, 4.69) is 51.4 Å². The summed E-state index contributed by atoms with van der Waals surface area (Å²) in [5.41, 5.74) is 2.42. The summed E-state index contributed by atoms with van der Waals surface area (Å²) in [5, 5.41) is 0. The molecule has 9 heteroatoms. The molecule has 0 radical (unpaired) electrons. The maximum atomic E-state index is 12.3. The topological polar surface area (TPSA) is 100 Å². The van der Waals surface area contributed by atoms with E-state index in [4.69, 9.17) is 18.9 Å². The average molecular weight is 551 g/mol. The molecule has 9 nitrogen and oxygen atoms in total. The van der Waals surface area contributed by atoms with E-state index in [1.54, 1.807) is 10.9 Å². The lowest BCUT2D eigenvalue weighted by molar-refractivity contribution is -0.204. The Hall–Kier alpha value is -4.15. The fraction of sp³-hybridized carbons (Fsp3) is 0.281. The number of fused-ring (bicyclic) bond motifs is 2. The molecule has 2 saturated heterocycles. The van der Waals surface area contributed by atoms with Gasteiger partial charge in [-0.05, 0) is 30.5 Å². The standard InChI is InChI=1S/C32H30N4O5/c1-31(2)40-26-24(39-30(27(26)41-31)36-20-35-25-28(36)33-19-34-29(25)37)18-38-32(21-12-6-3-7-13-21,22-14-8-4-9-15-22)23-16-10-5-11-17-23/h3-17,19-20,24,26-27,30H,18H2,1-2H3,(H,33,34,37)/t24-,26+,27+,30-/m1/s1. The van der Waals surface area contributed by atoms with E-state index in [1.807, 2.05) is 68.4 Å². The van der Waals surface area contributed by atoms with E-state index in [-0.39, 0.29) is 17.7 Å². The lowest BCUT2D eigenvalue weighted by Gasteiger charge is -2.37. The molecule has 7 rings (SSSR count). The van der Waals surface area contributed by atoms with E-state index in [9.17, 15) is 4.79 Å². The van der Waals surface area contributed by atoms with Gasteiger partial charge < -0.3 is 23.9 Å². The SMILES string of the molecule is CC1(C)O[C@@H]2[C@H](O1)[C@H](n1cnc3c(=O)[nH]cnc31)O[C@@H]2COC(c1ccccc1)(c1ccccc1)c1ccccc1. The Morgan fingerprint density at radius 2 is 1.41 bits per heavy atom. The maximum Gasteiger partial charge on any atom is 0.278 e. The van der Waals surface area contributed by atoms with Crippen LogP contribution in [0.1, 0.15) is 36.8 Å². The van der Waals surface area contributed by atoms with Crippen molar-refractivity contribution in [1.82, 2.24) is 19.5 Å². The Morgan fingerprint density at radius 1 is 0.854 bits per heavy atom. The van der Waals surface area contributed by atoms with Crippen molar-refractivity contribution < 1.29 is 18.9 Å². The van der Waals surface area contributed by atoms with Crippen molar-refractivity contribution in [3.8, 4) is 0 Å². The van der Waals surface area contributed by atoms with Gasteiger partial charge in [-0.25, -0.2) is 9.97 Å². The minimum absolute atomic E-state index is 0.205. The summed E-state index contributed by atoms with van der Waals surface area (Å²) in [5.74, 6) is -0.827. The van der Waals surface area contributed by atoms with Crippen LogP contribution in [0.25, 0.3) is 11.2 Å². The first-order chi connectivity index (χ1) is 20.0. The van der Waals surface area contributed by atoms with Gasteiger partial charge in [-0.15, -0.1) is 0 Å². The van der Waals surface area contributed by atoms with Crippen molar-refractivity contribution in [2.75, 3.05) is 6.61 Å². The smallest absolute Gasteiger partial charge is 0.278 e. The number of aromatic nitrogens is 4. The quantitative estimate of drug-likeness (QED) is 0.297. The maximum absolute atomic E-state index is 12.3. The Balaban J connectivity index is 1.29. The summed E-state index contributed by atoms with van der Waals surface area (Å²) < 4.78 is 28.1. The fourth-order valence-corrected chi connectivity index (χ4v) is 6.04. The van der Waals surface area contributed by atoms with Gasteiger partial charge in [0.15, 0.2) is 23.2 Å². The highest BCUT2D eigenvalue weighted by atomic mass is 16.8. The number of aromatic amines is 1. The Labute approximate surface area is 236 Å². The molecular formula is C32H30N4O5. The van der Waals surface area contributed by atoms with Crippen LogP contribution >= 0.6 is 0 Å². The first-order valence-corrected chi connectivity index (χ1v) is 13.7. The Morgan fingerprint density at radius 3 is 2.00 bits per heavy atom. The number of nitrogens with one attached hydrogen (secondary N) is 1. The molecule has 41 heavy (non-hydrogen) atoms. The molecule has 4 heterocycles. The second-order valence-corrected chi connectivity index (χ2v) is 10.8. The lowest BCUT2D eigenvalue weighted by atomic mass is 9.80. The van der Waals surface area contributed by atoms with Crippen molar-refractivity contribution in [2.24, 2.45) is 0 Å². The molecule has 0 saturated carbocycles. The molecule has 4 atom stereocenters. The zero-order valence-corrected chi connectivity index (χ0v) is 22.7. The van der Waals surface area contributed by atoms with E-state index in [0.29, 0.717) is 5.65 Å². The van der Waals surface area contributed by atoms with Crippen molar-refractivity contribution in [2.45, 2.75) is 49.8 Å². The summed E-state index contributed by atoms with van der Waals surface area (Å²) >= 11 is 0. The molecule has 2 aromatic heterocycles. The molecule has 2 fully saturated rings. The van der Waals surface area contributed by atoms with Gasteiger partial charge in [-0.2, -0.15) is 0 Å². The average Bonchev–Trinajstić information content (AvgIpc) is 3.67. The molecule has 0 bridgehead atoms. The van der Waals surface area contributed by atoms with Gasteiger partial charge in [0.2, 0.25) is 0 Å². The van der Waals surface area contributed by atoms with Gasteiger partial charge in [0, 0.05) is 0 Å². The van der Waals surface area contributed by atoms with Gasteiger partial charge in [0.25, 0.3) is 5.56 Å². The lowest BCUT2D eigenvalue weighted by Crippen LogP contribution is -2.39. The predicted molar refractivity (Wildman–Crippen MR) is 151 cm³/mol. The zero-order valence-electron chi connectivity index (χ0n) is 22.7. The summed E-state index contributed by atoms with van der Waals surface area (Å²) in [6.45, 7) is 3.98. The van der Waals surface area contributed by atoms with E-state index in [0.717, 1.165) is 16.7 Å². The monoisotopic (exact) mass is 550 g/mol. The summed E-state index contributed by atoms with van der Waals surface area (Å²) in [6.07, 6.45) is 0.941. The van der Waals surface area contributed by atoms with Crippen LogP contribution in [0.2, 0.25) is 0 Å². The van der Waals surface area contributed by atoms with Crippen molar-refractivity contribution in [3.05, 3.63) is 131 Å². The van der Waals surface area contributed by atoms with E-state index in [1.165, 1.54) is 6.33 Å². The number of H-pyrrole nitrogens is 1. The summed E-state index contributed by atoms with van der Waals surface area (Å²) in [4.78, 5) is 23.6. The van der Waals surface area contributed by atoms with Gasteiger partial charge in [-0.3, -0.25) is 9.36 Å². The van der Waals surface area contributed by atoms with Gasteiger partial charge in [0.1, 0.15) is 23.9 Å². The highest BCUT2D eigenvalue weighted by Crippen LogP contribution is 2.46. The predicted octanol–water partition coefficient (Wildman–Crippen LogP) is 4.55. The number of hydrogen-bond acceptors (Lipinski definition) is 7. The van der Waals surface area contributed by atoms with Crippen LogP contribution in [0.5, 0.6) is 0 Å². The summed E-state index contributed by atoms with van der Waals surface area (Å²) in [6, 6.07) is 30.6. The van der Waals surface area contributed by atoms with Crippen molar-refractivity contribution >= 4 is 11.2 Å². The third kappa shape index (κ3) is 4.38. The molecular weight excluding hydrogens is 520 g/mol. The van der Waals surface area contributed by atoms with Crippen molar-refractivity contribution in [3.63, 3.8) is 0 Å². The summed E-state index contributed by atoms with van der Waals surface area (Å²) in [7, 11) is 0. The first-order valence-electron chi connectivity index (χ1n) is 13.7. The van der Waals surface area contributed by atoms with Crippen molar-refractivity contribution in [1.29, 1.82) is 0 Å². The molecule has 2 aliphatic rings. The van der Waals surface area contributed by atoms with Crippen LogP contribution in [-0.2, 0) is 24.5 Å². The number of nitrogens with zero attached hydrogens (tertiary/aromatic N) is 3. The van der Waals surface area contributed by atoms with Gasteiger partial charge >= 0.3 is 0 Å². The molecule has 208 valence electrons. The third-order valence-electron chi connectivity index (χ3n) is 7.77. The molecule has 2 aliphatic heterocycles. The number of imidazole rings is 1. The minimum Gasteiger partial charge on any atom is -0.358 e. The minimum atomic E-state index is -0.910. The van der Waals surface area contributed by atoms with E-state index >= 15 is 0 Å². The molecule has 0 spiro atoms. The van der Waals surface area contributed by atoms with Crippen LogP contribution < -0.4 is 5.56 Å². The molecule has 0 aliphatic carbocycles. The molecule has 5 aromatic rings. The highest BCUT2D eigenvalue weighted by molar-refractivity contribution is 5.68. The fourth-order valence-electron chi connectivity index (χ4n) is 6.04. The van der Waals surface area contributed by atoms with Crippen LogP contribution in [0, 0.1) is 0 Å². The largest absolute Gasteiger partial charge is 0.358 e. The zero-order chi connectivity index (χ0) is 28.0. The Kier molecular flexibility index (Phi) is 6.32. The number of benzene rings is 3. The molecule has 0 unspecified atom stereocenters. The number of hydrogen-bond donors (Lipinski definition) is 1. The number of rotatable bonds is 7. The molecule has 3 aromatic carbocycles. The second kappa shape index (κ2) is 10.0. The van der Waals surface area contributed by atoms with Crippen LogP contribution in [0.3, 0.4) is 0 Å². The van der Waals surface area contributed by atoms with E-state index < -0.39 is 35.9 Å². The van der Waals surface area contributed by atoms with Gasteiger partial charge in [-0.1, -0.05) is 91.0 Å². The molecule has 1 N–H and O–H groups in total. The number of ether oxygens (including phenoxy) is 4. The molecule has 0 amide bonds. The third-order valence-corrected chi connectivity index (χ3v) is 7.77. The van der Waals surface area contributed by atoms with Crippen LogP contribution in [-0.4, -0.2) is 50.2 Å². The van der Waals surface area contributed by atoms with Gasteiger partial charge in [0.05, 0.1) is 19.3 Å².